The number of hydrogen-bond donors (Lipinski definition) is 2. The first-order valence-electron chi connectivity index (χ1n) is 5.69. The highest BCUT2D eigenvalue weighted by Crippen LogP contribution is 2.15. The van der Waals surface area contributed by atoms with Crippen molar-refractivity contribution in [1.29, 1.82) is 0 Å². The molecule has 94 valence electrons. The van der Waals surface area contributed by atoms with Gasteiger partial charge in [-0.2, -0.15) is 0 Å². The number of nitrogens with one attached hydrogen (secondary N) is 1. The first-order valence-corrected chi connectivity index (χ1v) is 5.69. The maximum absolute atomic E-state index is 11.8. The summed E-state index contributed by atoms with van der Waals surface area (Å²) in [5.74, 6) is 0.0986. The van der Waals surface area contributed by atoms with E-state index in [1.165, 1.54) is 0 Å². The number of carbonyl (C=O) groups is 1. The van der Waals surface area contributed by atoms with E-state index in [4.69, 9.17) is 0 Å². The fraction of sp³-hybridized carbons (Fsp3) is 0.909. The van der Waals surface area contributed by atoms with Crippen LogP contribution in [0.2, 0.25) is 0 Å². The number of aliphatic hydroxyl groups is 1. The van der Waals surface area contributed by atoms with E-state index < -0.39 is 5.60 Å². The zero-order valence-corrected chi connectivity index (χ0v) is 10.7. The van der Waals surface area contributed by atoms with E-state index in [1.54, 1.807) is 18.9 Å². The number of likely N-dealkylation sites (N-methyl/N-ethyl adjacent to an activating group) is 2. The SMILES string of the molecule is CNC1CCN(CC(C)(O)CN(C)C)C1=O. The topological polar surface area (TPSA) is 55.8 Å². The first kappa shape index (κ1) is 13.4. The van der Waals surface area contributed by atoms with Crippen LogP contribution in [0.5, 0.6) is 0 Å². The van der Waals surface area contributed by atoms with Crippen LogP contribution in [-0.2, 0) is 4.79 Å². The van der Waals surface area contributed by atoms with Gasteiger partial charge in [-0.1, -0.05) is 0 Å². The average Bonchev–Trinajstić information content (AvgIpc) is 2.45. The van der Waals surface area contributed by atoms with Gasteiger partial charge in [0.25, 0.3) is 0 Å². The third kappa shape index (κ3) is 3.43. The molecule has 0 aromatic heterocycles. The lowest BCUT2D eigenvalue weighted by atomic mass is 10.1. The van der Waals surface area contributed by atoms with E-state index >= 15 is 0 Å². The molecule has 1 heterocycles. The molecule has 0 aromatic carbocycles. The Bertz CT molecular complexity index is 254. The van der Waals surface area contributed by atoms with E-state index in [1.807, 2.05) is 19.0 Å². The molecule has 1 aliphatic heterocycles. The van der Waals surface area contributed by atoms with Crippen molar-refractivity contribution in [2.45, 2.75) is 25.0 Å². The molecule has 0 aliphatic carbocycles. The highest BCUT2D eigenvalue weighted by molar-refractivity contribution is 5.84. The fourth-order valence-electron chi connectivity index (χ4n) is 2.31. The van der Waals surface area contributed by atoms with Gasteiger partial charge in [0.1, 0.15) is 0 Å². The van der Waals surface area contributed by atoms with E-state index in [-0.39, 0.29) is 11.9 Å². The Kier molecular flexibility index (Phi) is 4.29. The summed E-state index contributed by atoms with van der Waals surface area (Å²) < 4.78 is 0. The maximum atomic E-state index is 11.8. The molecule has 0 radical (unpaired) electrons. The monoisotopic (exact) mass is 229 g/mol. The Morgan fingerprint density at radius 2 is 2.25 bits per heavy atom. The van der Waals surface area contributed by atoms with Gasteiger partial charge in [0, 0.05) is 13.1 Å². The maximum Gasteiger partial charge on any atom is 0.239 e. The number of rotatable bonds is 5. The molecular formula is C11H23N3O2. The normalized spacial score (nSPS) is 25.2. The van der Waals surface area contributed by atoms with Gasteiger partial charge in [-0.15, -0.1) is 0 Å². The van der Waals surface area contributed by atoms with E-state index in [0.29, 0.717) is 13.1 Å². The number of nitrogens with zero attached hydrogens (tertiary/aromatic N) is 2. The summed E-state index contributed by atoms with van der Waals surface area (Å²) in [6, 6.07) is -0.0739. The molecular weight excluding hydrogens is 206 g/mol. The van der Waals surface area contributed by atoms with Crippen LogP contribution in [0.4, 0.5) is 0 Å². The van der Waals surface area contributed by atoms with Crippen LogP contribution >= 0.6 is 0 Å². The number of carbonyl (C=O) groups excluding carboxylic acids is 1. The third-order valence-corrected chi connectivity index (χ3v) is 2.83. The molecule has 2 unspecified atom stereocenters. The Morgan fingerprint density at radius 3 is 2.69 bits per heavy atom. The van der Waals surface area contributed by atoms with Crippen molar-refractivity contribution in [3.63, 3.8) is 0 Å². The van der Waals surface area contributed by atoms with Crippen LogP contribution in [0.15, 0.2) is 0 Å². The summed E-state index contributed by atoms with van der Waals surface area (Å²) in [7, 11) is 5.62. The minimum absolute atomic E-state index is 0.0739. The van der Waals surface area contributed by atoms with Crippen molar-refractivity contribution in [1.82, 2.24) is 15.1 Å². The largest absolute Gasteiger partial charge is 0.387 e. The van der Waals surface area contributed by atoms with Crippen molar-refractivity contribution in [2.75, 3.05) is 40.8 Å². The smallest absolute Gasteiger partial charge is 0.239 e. The molecule has 1 fully saturated rings. The molecule has 0 saturated carbocycles. The molecule has 5 heteroatoms. The predicted octanol–water partition coefficient (Wildman–Crippen LogP) is -0.881. The molecule has 16 heavy (non-hydrogen) atoms. The zero-order chi connectivity index (χ0) is 12.3. The summed E-state index contributed by atoms with van der Waals surface area (Å²) in [4.78, 5) is 15.5. The van der Waals surface area contributed by atoms with Crippen molar-refractivity contribution in [3.05, 3.63) is 0 Å². The lowest BCUT2D eigenvalue weighted by Gasteiger charge is -2.31. The number of likely N-dealkylation sites (tertiary alicyclic amines) is 1. The fourth-order valence-corrected chi connectivity index (χ4v) is 2.31. The summed E-state index contributed by atoms with van der Waals surface area (Å²) in [5.41, 5.74) is -0.845. The minimum atomic E-state index is -0.845. The molecule has 1 aliphatic rings. The molecule has 1 amide bonds. The summed E-state index contributed by atoms with van der Waals surface area (Å²) in [5, 5.41) is 13.2. The molecule has 1 rings (SSSR count). The van der Waals surface area contributed by atoms with Crippen LogP contribution in [0.25, 0.3) is 0 Å². The molecule has 2 N–H and O–H groups in total. The number of hydrogen-bond acceptors (Lipinski definition) is 4. The molecule has 2 atom stereocenters. The lowest BCUT2D eigenvalue weighted by Crippen LogP contribution is -2.49. The Balaban J connectivity index is 2.52. The van der Waals surface area contributed by atoms with E-state index in [9.17, 15) is 9.90 Å². The van der Waals surface area contributed by atoms with Gasteiger partial charge >= 0.3 is 0 Å². The number of amides is 1. The summed E-state index contributed by atoms with van der Waals surface area (Å²) in [6.07, 6.45) is 0.827. The molecule has 1 saturated heterocycles. The quantitative estimate of drug-likeness (QED) is 0.643. The summed E-state index contributed by atoms with van der Waals surface area (Å²) in [6.45, 7) is 3.46. The van der Waals surface area contributed by atoms with Crippen LogP contribution < -0.4 is 5.32 Å². The lowest BCUT2D eigenvalue weighted by molar-refractivity contribution is -0.132. The van der Waals surface area contributed by atoms with Gasteiger partial charge in [0.2, 0.25) is 5.91 Å². The zero-order valence-electron chi connectivity index (χ0n) is 10.7. The van der Waals surface area contributed by atoms with Gasteiger partial charge < -0.3 is 20.2 Å². The van der Waals surface area contributed by atoms with Gasteiger partial charge in [-0.3, -0.25) is 4.79 Å². The Labute approximate surface area is 97.4 Å². The van der Waals surface area contributed by atoms with Gasteiger partial charge in [0.15, 0.2) is 0 Å². The highest BCUT2D eigenvalue weighted by atomic mass is 16.3. The van der Waals surface area contributed by atoms with Crippen molar-refractivity contribution < 1.29 is 9.90 Å². The van der Waals surface area contributed by atoms with E-state index in [2.05, 4.69) is 5.32 Å². The van der Waals surface area contributed by atoms with Gasteiger partial charge in [0.05, 0.1) is 18.2 Å². The second-order valence-corrected chi connectivity index (χ2v) is 5.12. The third-order valence-electron chi connectivity index (χ3n) is 2.83. The molecule has 0 bridgehead atoms. The predicted molar refractivity (Wildman–Crippen MR) is 63.2 cm³/mol. The van der Waals surface area contributed by atoms with Crippen molar-refractivity contribution in [2.24, 2.45) is 0 Å². The van der Waals surface area contributed by atoms with Crippen molar-refractivity contribution in [3.8, 4) is 0 Å². The first-order chi connectivity index (χ1) is 7.35. The second kappa shape index (κ2) is 5.12. The highest BCUT2D eigenvalue weighted by Gasteiger charge is 2.34. The standard InChI is InChI=1S/C11H23N3O2/c1-11(16,7-13(3)4)8-14-6-5-9(12-2)10(14)15/h9,12,16H,5-8H2,1-4H3. The van der Waals surface area contributed by atoms with Gasteiger partial charge in [-0.05, 0) is 34.5 Å². The van der Waals surface area contributed by atoms with Crippen LogP contribution in [-0.4, -0.2) is 73.2 Å². The Morgan fingerprint density at radius 1 is 1.62 bits per heavy atom. The minimum Gasteiger partial charge on any atom is -0.387 e. The van der Waals surface area contributed by atoms with Crippen LogP contribution in [0.1, 0.15) is 13.3 Å². The molecule has 0 spiro atoms. The molecule has 0 aromatic rings. The van der Waals surface area contributed by atoms with Crippen LogP contribution in [0.3, 0.4) is 0 Å². The average molecular weight is 229 g/mol. The Hall–Kier alpha value is -0.650. The van der Waals surface area contributed by atoms with Crippen LogP contribution in [0, 0.1) is 0 Å². The van der Waals surface area contributed by atoms with E-state index in [0.717, 1.165) is 13.0 Å². The summed E-state index contributed by atoms with van der Waals surface area (Å²) >= 11 is 0. The second-order valence-electron chi connectivity index (χ2n) is 5.12. The van der Waals surface area contributed by atoms with Crippen molar-refractivity contribution >= 4 is 5.91 Å². The van der Waals surface area contributed by atoms with Gasteiger partial charge in [-0.25, -0.2) is 0 Å². The number of β-amino-alcohol motifs (C(OH)–C–C–N with tert-alkyl or cyclic N) is 1. The molecule has 5 nitrogen and oxygen atoms in total.